The molecule has 3 atom stereocenters. The Bertz CT molecular complexity index is 267. The Hall–Kier alpha value is -0.630. The maximum absolute atomic E-state index is 10.5. The molecule has 4 nitrogen and oxygen atoms in total. The van der Waals surface area contributed by atoms with Gasteiger partial charge in [0.2, 0.25) is 0 Å². The predicted octanol–water partition coefficient (Wildman–Crippen LogP) is 0.457. The van der Waals surface area contributed by atoms with Crippen molar-refractivity contribution in [3.8, 4) is 6.07 Å². The van der Waals surface area contributed by atoms with Crippen molar-refractivity contribution in [1.82, 2.24) is 0 Å². The summed E-state index contributed by atoms with van der Waals surface area (Å²) in [6, 6.07) is 2.24. The van der Waals surface area contributed by atoms with Crippen LogP contribution in [0.4, 0.5) is 0 Å². The molecule has 2 rings (SSSR count). The van der Waals surface area contributed by atoms with Crippen molar-refractivity contribution < 1.29 is 14.6 Å². The van der Waals surface area contributed by atoms with Gasteiger partial charge >= 0.3 is 0 Å². The van der Waals surface area contributed by atoms with Crippen molar-refractivity contribution in [2.75, 3.05) is 19.8 Å². The van der Waals surface area contributed by atoms with Crippen LogP contribution in [0.5, 0.6) is 0 Å². The smallest absolute Gasteiger partial charge is 0.114 e. The second-order valence-electron chi connectivity index (χ2n) is 4.18. The van der Waals surface area contributed by atoms with Gasteiger partial charge in [0.1, 0.15) is 11.0 Å². The minimum absolute atomic E-state index is 0.274. The van der Waals surface area contributed by atoms with E-state index in [4.69, 9.17) is 9.47 Å². The van der Waals surface area contributed by atoms with Crippen molar-refractivity contribution in [1.29, 1.82) is 5.26 Å². The van der Waals surface area contributed by atoms with Crippen LogP contribution in [0, 0.1) is 16.7 Å². The van der Waals surface area contributed by atoms with Crippen LogP contribution in [0.25, 0.3) is 0 Å². The topological polar surface area (TPSA) is 62.5 Å². The number of rotatable bonds is 1. The lowest BCUT2D eigenvalue weighted by Gasteiger charge is -2.38. The molecule has 0 aromatic rings. The third-order valence-electron chi connectivity index (χ3n) is 3.59. The van der Waals surface area contributed by atoms with Crippen molar-refractivity contribution in [2.45, 2.75) is 31.5 Å². The van der Waals surface area contributed by atoms with Crippen LogP contribution in [-0.2, 0) is 9.47 Å². The quantitative estimate of drug-likeness (QED) is 0.663. The van der Waals surface area contributed by atoms with Gasteiger partial charge in [0.25, 0.3) is 0 Å². The maximum atomic E-state index is 10.5. The molecule has 2 heterocycles. The standard InChI is InChI=1S/C10H15NO3/c1-8-10(12,3-5-14-8)9(6-11)2-4-13-7-9/h8,12H,2-5,7H2,1H3. The van der Waals surface area contributed by atoms with Gasteiger partial charge in [-0.1, -0.05) is 0 Å². The lowest BCUT2D eigenvalue weighted by Crippen LogP contribution is -2.52. The van der Waals surface area contributed by atoms with E-state index in [9.17, 15) is 10.4 Å². The molecule has 2 aliphatic rings. The zero-order chi connectivity index (χ0) is 10.2. The van der Waals surface area contributed by atoms with Gasteiger partial charge in [-0.3, -0.25) is 0 Å². The van der Waals surface area contributed by atoms with E-state index in [-0.39, 0.29) is 6.10 Å². The van der Waals surface area contributed by atoms with Crippen LogP contribution >= 0.6 is 0 Å². The van der Waals surface area contributed by atoms with Crippen LogP contribution in [0.15, 0.2) is 0 Å². The summed E-state index contributed by atoms with van der Waals surface area (Å²) in [5.41, 5.74) is -1.79. The number of hydrogen-bond acceptors (Lipinski definition) is 4. The molecule has 0 aliphatic carbocycles. The largest absolute Gasteiger partial charge is 0.385 e. The Balaban J connectivity index is 2.31. The first-order valence-electron chi connectivity index (χ1n) is 4.98. The lowest BCUT2D eigenvalue weighted by atomic mass is 9.69. The molecule has 1 N–H and O–H groups in total. The van der Waals surface area contributed by atoms with Gasteiger partial charge < -0.3 is 14.6 Å². The molecule has 0 bridgehead atoms. The summed E-state index contributed by atoms with van der Waals surface area (Å²) in [6.07, 6.45) is 0.863. The van der Waals surface area contributed by atoms with Gasteiger partial charge in [-0.15, -0.1) is 0 Å². The maximum Gasteiger partial charge on any atom is 0.114 e. The summed E-state index contributed by atoms with van der Waals surface area (Å²) in [5, 5.41) is 19.7. The van der Waals surface area contributed by atoms with Gasteiger partial charge in [-0.2, -0.15) is 5.26 Å². The minimum atomic E-state index is -1.03. The van der Waals surface area contributed by atoms with Gasteiger partial charge in [0.05, 0.1) is 18.8 Å². The van der Waals surface area contributed by atoms with Crippen molar-refractivity contribution >= 4 is 0 Å². The lowest BCUT2D eigenvalue weighted by molar-refractivity contribution is -0.0983. The number of aliphatic hydroxyl groups is 1. The molecular formula is C10H15NO3. The molecule has 3 unspecified atom stereocenters. The van der Waals surface area contributed by atoms with E-state index < -0.39 is 11.0 Å². The molecule has 2 aliphatic heterocycles. The highest BCUT2D eigenvalue weighted by Crippen LogP contribution is 2.46. The molecule has 0 aromatic carbocycles. The Morgan fingerprint density at radius 3 is 2.64 bits per heavy atom. The monoisotopic (exact) mass is 197 g/mol. The summed E-state index contributed by atoms with van der Waals surface area (Å²) in [4.78, 5) is 0. The van der Waals surface area contributed by atoms with E-state index in [2.05, 4.69) is 6.07 Å². The van der Waals surface area contributed by atoms with Gasteiger partial charge in [0, 0.05) is 19.6 Å². The number of nitriles is 1. The fraction of sp³-hybridized carbons (Fsp3) is 0.900. The second-order valence-corrected chi connectivity index (χ2v) is 4.18. The van der Waals surface area contributed by atoms with Crippen molar-refractivity contribution in [3.63, 3.8) is 0 Å². The Morgan fingerprint density at radius 1 is 1.43 bits per heavy atom. The van der Waals surface area contributed by atoms with Crippen LogP contribution < -0.4 is 0 Å². The average molecular weight is 197 g/mol. The molecule has 0 radical (unpaired) electrons. The molecule has 0 spiro atoms. The first kappa shape index (κ1) is 9.91. The molecule has 0 amide bonds. The number of ether oxygens (including phenoxy) is 2. The highest BCUT2D eigenvalue weighted by Gasteiger charge is 2.58. The third-order valence-corrected chi connectivity index (χ3v) is 3.59. The summed E-state index contributed by atoms with van der Waals surface area (Å²) in [5.74, 6) is 0. The first-order chi connectivity index (χ1) is 6.65. The second kappa shape index (κ2) is 3.20. The molecule has 14 heavy (non-hydrogen) atoms. The third kappa shape index (κ3) is 1.10. The minimum Gasteiger partial charge on any atom is -0.385 e. The van der Waals surface area contributed by atoms with Crippen molar-refractivity contribution in [2.24, 2.45) is 5.41 Å². The zero-order valence-corrected chi connectivity index (χ0v) is 8.32. The Morgan fingerprint density at radius 2 is 2.21 bits per heavy atom. The van der Waals surface area contributed by atoms with Crippen LogP contribution in [0.3, 0.4) is 0 Å². The van der Waals surface area contributed by atoms with Gasteiger partial charge in [-0.25, -0.2) is 0 Å². The van der Waals surface area contributed by atoms with E-state index in [0.717, 1.165) is 0 Å². The van der Waals surface area contributed by atoms with E-state index in [1.165, 1.54) is 0 Å². The van der Waals surface area contributed by atoms with E-state index >= 15 is 0 Å². The van der Waals surface area contributed by atoms with Crippen LogP contribution in [0.1, 0.15) is 19.8 Å². The summed E-state index contributed by atoms with van der Waals surface area (Å²) >= 11 is 0. The zero-order valence-electron chi connectivity index (χ0n) is 8.32. The summed E-state index contributed by atoms with van der Waals surface area (Å²) in [6.45, 7) is 3.24. The van der Waals surface area contributed by atoms with E-state index in [1.807, 2.05) is 6.92 Å². The molecule has 0 saturated carbocycles. The van der Waals surface area contributed by atoms with Gasteiger partial charge in [0.15, 0.2) is 0 Å². The van der Waals surface area contributed by atoms with Gasteiger partial charge in [-0.05, 0) is 13.3 Å². The normalized spacial score (nSPS) is 47.9. The molecule has 0 aromatic heterocycles. The van der Waals surface area contributed by atoms with Crippen molar-refractivity contribution in [3.05, 3.63) is 0 Å². The first-order valence-corrected chi connectivity index (χ1v) is 4.98. The van der Waals surface area contributed by atoms with E-state index in [1.54, 1.807) is 0 Å². The van der Waals surface area contributed by atoms with E-state index in [0.29, 0.717) is 32.7 Å². The average Bonchev–Trinajstić information content (AvgIpc) is 2.76. The number of hydrogen-bond donors (Lipinski definition) is 1. The molecular weight excluding hydrogens is 182 g/mol. The SMILES string of the molecule is CC1OCCC1(O)C1(C#N)CCOC1. The summed E-state index contributed by atoms with van der Waals surface area (Å²) in [7, 11) is 0. The Kier molecular flexibility index (Phi) is 2.26. The molecule has 2 fully saturated rings. The molecule has 78 valence electrons. The highest BCUT2D eigenvalue weighted by molar-refractivity contribution is 5.16. The molecule has 4 heteroatoms. The number of nitrogens with zero attached hydrogens (tertiary/aromatic N) is 1. The van der Waals surface area contributed by atoms with Crippen LogP contribution in [-0.4, -0.2) is 36.6 Å². The van der Waals surface area contributed by atoms with Crippen LogP contribution in [0.2, 0.25) is 0 Å². The fourth-order valence-electron chi connectivity index (χ4n) is 2.45. The predicted molar refractivity (Wildman–Crippen MR) is 48.5 cm³/mol. The fourth-order valence-corrected chi connectivity index (χ4v) is 2.45. The molecule has 2 saturated heterocycles. The summed E-state index contributed by atoms with van der Waals surface area (Å²) < 4.78 is 10.6. The Labute approximate surface area is 83.4 Å². The highest BCUT2D eigenvalue weighted by atomic mass is 16.5.